The van der Waals surface area contributed by atoms with Crippen molar-refractivity contribution >= 4 is 38.0 Å². The SMILES string of the molecule is Cc1nc2ccc(S(=O)(=O)n3c(CCCC(=O)O)cc4cc(C(F)(F)F)ccc43)cc2o1. The van der Waals surface area contributed by atoms with E-state index in [0.29, 0.717) is 11.4 Å². The van der Waals surface area contributed by atoms with Gasteiger partial charge in [-0.15, -0.1) is 0 Å². The molecule has 11 heteroatoms. The highest BCUT2D eigenvalue weighted by molar-refractivity contribution is 7.90. The predicted molar refractivity (Wildman–Crippen MR) is 109 cm³/mol. The van der Waals surface area contributed by atoms with E-state index in [1.165, 1.54) is 24.3 Å². The van der Waals surface area contributed by atoms with Crippen molar-refractivity contribution in [3.63, 3.8) is 0 Å². The van der Waals surface area contributed by atoms with Crippen LogP contribution in [0.4, 0.5) is 13.2 Å². The van der Waals surface area contributed by atoms with Gasteiger partial charge in [-0.25, -0.2) is 17.4 Å². The van der Waals surface area contributed by atoms with E-state index in [1.807, 2.05) is 0 Å². The largest absolute Gasteiger partial charge is 0.481 e. The lowest BCUT2D eigenvalue weighted by Crippen LogP contribution is -2.16. The van der Waals surface area contributed by atoms with Crippen LogP contribution in [0.25, 0.3) is 22.0 Å². The molecule has 4 rings (SSSR count). The molecule has 0 aliphatic heterocycles. The van der Waals surface area contributed by atoms with Gasteiger partial charge in [0.25, 0.3) is 10.0 Å². The van der Waals surface area contributed by atoms with Crippen LogP contribution in [0.2, 0.25) is 0 Å². The summed E-state index contributed by atoms with van der Waals surface area (Å²) in [5, 5.41) is 8.99. The number of carbonyl (C=O) groups is 1. The molecular weight excluding hydrogens is 449 g/mol. The van der Waals surface area contributed by atoms with Crippen LogP contribution in [0, 0.1) is 6.92 Å². The number of carboxylic acid groups (broad SMARTS) is 1. The van der Waals surface area contributed by atoms with Crippen molar-refractivity contribution in [2.75, 3.05) is 0 Å². The molecule has 0 fully saturated rings. The highest BCUT2D eigenvalue weighted by atomic mass is 32.2. The number of rotatable bonds is 6. The minimum absolute atomic E-state index is 0.0468. The number of fused-ring (bicyclic) bond motifs is 2. The van der Waals surface area contributed by atoms with Crippen LogP contribution in [-0.2, 0) is 27.4 Å². The second-order valence-electron chi connectivity index (χ2n) is 7.29. The lowest BCUT2D eigenvalue weighted by Gasteiger charge is -2.12. The number of aromatic nitrogens is 2. The van der Waals surface area contributed by atoms with Gasteiger partial charge < -0.3 is 9.52 Å². The number of nitrogens with zero attached hydrogens (tertiary/aromatic N) is 2. The molecule has 0 unspecified atom stereocenters. The number of hydrogen-bond acceptors (Lipinski definition) is 5. The van der Waals surface area contributed by atoms with Crippen molar-refractivity contribution < 1.29 is 35.9 Å². The van der Waals surface area contributed by atoms with Crippen molar-refractivity contribution in [1.82, 2.24) is 8.96 Å². The third-order valence-corrected chi connectivity index (χ3v) is 6.75. The maximum Gasteiger partial charge on any atom is 0.416 e. The van der Waals surface area contributed by atoms with Crippen molar-refractivity contribution in [2.24, 2.45) is 0 Å². The van der Waals surface area contributed by atoms with Crippen LogP contribution in [0.5, 0.6) is 0 Å². The molecule has 2 heterocycles. The van der Waals surface area contributed by atoms with Crippen LogP contribution in [0.1, 0.15) is 30.0 Å². The van der Waals surface area contributed by atoms with Crippen molar-refractivity contribution in [3.8, 4) is 0 Å². The first-order valence-electron chi connectivity index (χ1n) is 9.53. The quantitative estimate of drug-likeness (QED) is 0.440. The van der Waals surface area contributed by atoms with Gasteiger partial charge in [0, 0.05) is 30.5 Å². The topological polar surface area (TPSA) is 102 Å². The number of aliphatic carboxylic acids is 1. The maximum absolute atomic E-state index is 13.5. The summed E-state index contributed by atoms with van der Waals surface area (Å²) in [5.41, 5.74) is 0.0731. The van der Waals surface area contributed by atoms with Crippen molar-refractivity contribution in [3.05, 3.63) is 59.6 Å². The lowest BCUT2D eigenvalue weighted by molar-refractivity contribution is -0.138. The highest BCUT2D eigenvalue weighted by Gasteiger charge is 2.32. The van der Waals surface area contributed by atoms with Gasteiger partial charge >= 0.3 is 12.1 Å². The first-order chi connectivity index (χ1) is 15.0. The number of alkyl halides is 3. The lowest BCUT2D eigenvalue weighted by atomic mass is 10.1. The molecule has 7 nitrogen and oxygen atoms in total. The van der Waals surface area contributed by atoms with Gasteiger partial charge in [0.1, 0.15) is 5.52 Å². The number of aryl methyl sites for hydroxylation is 2. The van der Waals surface area contributed by atoms with E-state index in [4.69, 9.17) is 9.52 Å². The van der Waals surface area contributed by atoms with E-state index >= 15 is 0 Å². The first kappa shape index (κ1) is 21.9. The Balaban J connectivity index is 1.89. The molecule has 168 valence electrons. The zero-order valence-electron chi connectivity index (χ0n) is 16.7. The minimum atomic E-state index is -4.59. The van der Waals surface area contributed by atoms with E-state index in [9.17, 15) is 26.4 Å². The summed E-state index contributed by atoms with van der Waals surface area (Å²) < 4.78 is 72.9. The van der Waals surface area contributed by atoms with Crippen LogP contribution in [0.3, 0.4) is 0 Å². The zero-order chi connectivity index (χ0) is 23.3. The minimum Gasteiger partial charge on any atom is -0.481 e. The Labute approximate surface area is 180 Å². The summed E-state index contributed by atoms with van der Waals surface area (Å²) in [6, 6.07) is 8.28. The molecule has 0 radical (unpaired) electrons. The fourth-order valence-electron chi connectivity index (χ4n) is 3.59. The molecule has 0 spiro atoms. The number of halogens is 3. The molecule has 0 aliphatic carbocycles. The van der Waals surface area contributed by atoms with Gasteiger partial charge in [0.05, 0.1) is 16.0 Å². The van der Waals surface area contributed by atoms with E-state index in [2.05, 4.69) is 4.98 Å². The molecular formula is C21H17F3N2O5S. The van der Waals surface area contributed by atoms with Crippen LogP contribution >= 0.6 is 0 Å². The van der Waals surface area contributed by atoms with E-state index in [1.54, 1.807) is 6.92 Å². The summed E-state index contributed by atoms with van der Waals surface area (Å²) >= 11 is 0. The smallest absolute Gasteiger partial charge is 0.416 e. The Morgan fingerprint density at radius 2 is 1.91 bits per heavy atom. The average molecular weight is 466 g/mol. The Bertz CT molecular complexity index is 1450. The van der Waals surface area contributed by atoms with E-state index in [-0.39, 0.29) is 46.3 Å². The van der Waals surface area contributed by atoms with Crippen LogP contribution < -0.4 is 0 Å². The average Bonchev–Trinajstić information content (AvgIpc) is 3.24. The van der Waals surface area contributed by atoms with E-state index in [0.717, 1.165) is 22.2 Å². The Kier molecular flexibility index (Phi) is 5.24. The summed E-state index contributed by atoms with van der Waals surface area (Å²) in [6.45, 7) is 1.62. The van der Waals surface area contributed by atoms with E-state index < -0.39 is 27.7 Å². The summed E-state index contributed by atoms with van der Waals surface area (Å²) in [5.74, 6) is -0.698. The Hall–Kier alpha value is -3.34. The van der Waals surface area contributed by atoms with Crippen LogP contribution in [0.15, 0.2) is 51.8 Å². The molecule has 0 atom stereocenters. The van der Waals surface area contributed by atoms with Gasteiger partial charge in [-0.2, -0.15) is 13.2 Å². The number of carboxylic acids is 1. The van der Waals surface area contributed by atoms with Gasteiger partial charge in [-0.05, 0) is 49.2 Å². The standard InChI is InChI=1S/C21H17F3N2O5S/c1-12-25-17-7-6-16(11-19(17)31-12)32(29,30)26-15(3-2-4-20(27)28)10-13-9-14(21(22,23)24)5-8-18(13)26/h5-11H,2-4H2,1H3,(H,27,28). The highest BCUT2D eigenvalue weighted by Crippen LogP contribution is 2.34. The molecule has 0 amide bonds. The molecule has 0 aliphatic rings. The summed E-state index contributed by atoms with van der Waals surface area (Å²) in [7, 11) is -4.23. The molecule has 0 saturated carbocycles. The summed E-state index contributed by atoms with van der Waals surface area (Å²) in [4.78, 5) is 14.9. The molecule has 2 aromatic carbocycles. The zero-order valence-corrected chi connectivity index (χ0v) is 17.5. The van der Waals surface area contributed by atoms with Crippen molar-refractivity contribution in [2.45, 2.75) is 37.3 Å². The van der Waals surface area contributed by atoms with Gasteiger partial charge in [0.15, 0.2) is 11.5 Å². The Morgan fingerprint density at radius 3 is 2.59 bits per heavy atom. The number of oxazole rings is 1. The molecule has 2 aromatic heterocycles. The molecule has 0 bridgehead atoms. The van der Waals surface area contributed by atoms with Crippen molar-refractivity contribution in [1.29, 1.82) is 0 Å². The third-order valence-electron chi connectivity index (χ3n) is 4.99. The first-order valence-corrected chi connectivity index (χ1v) is 11.0. The monoisotopic (exact) mass is 466 g/mol. The fraction of sp³-hybridized carbons (Fsp3) is 0.238. The van der Waals surface area contributed by atoms with Gasteiger partial charge in [-0.3, -0.25) is 4.79 Å². The second-order valence-corrected chi connectivity index (χ2v) is 9.07. The van der Waals surface area contributed by atoms with Gasteiger partial charge in [0.2, 0.25) is 0 Å². The third kappa shape index (κ3) is 3.95. The van der Waals surface area contributed by atoms with Gasteiger partial charge in [-0.1, -0.05) is 0 Å². The summed E-state index contributed by atoms with van der Waals surface area (Å²) in [6.07, 6.45) is -4.63. The number of benzene rings is 2. The Morgan fingerprint density at radius 1 is 1.16 bits per heavy atom. The van der Waals surface area contributed by atoms with Crippen LogP contribution in [-0.4, -0.2) is 28.5 Å². The predicted octanol–water partition coefficient (Wildman–Crippen LogP) is 4.75. The normalized spacial score (nSPS) is 12.6. The second kappa shape index (κ2) is 7.66. The molecule has 1 N–H and O–H groups in total. The molecule has 4 aromatic rings. The maximum atomic E-state index is 13.5. The number of hydrogen-bond donors (Lipinski definition) is 1. The molecule has 32 heavy (non-hydrogen) atoms. The fourth-order valence-corrected chi connectivity index (χ4v) is 5.17. The molecule has 0 saturated heterocycles.